The summed E-state index contributed by atoms with van der Waals surface area (Å²) in [4.78, 5) is 24.9. The van der Waals surface area contributed by atoms with Crippen molar-refractivity contribution in [1.29, 1.82) is 5.26 Å². The quantitative estimate of drug-likeness (QED) is 0.749. The highest BCUT2D eigenvalue weighted by molar-refractivity contribution is 6.31. The van der Waals surface area contributed by atoms with Gasteiger partial charge < -0.3 is 14.4 Å². The molecule has 1 amide bonds. The Morgan fingerprint density at radius 1 is 1.43 bits per heavy atom. The van der Waals surface area contributed by atoms with Gasteiger partial charge in [0.25, 0.3) is 5.91 Å². The Morgan fingerprint density at radius 2 is 2.14 bits per heavy atom. The smallest absolute Gasteiger partial charge is 0.342 e. The van der Waals surface area contributed by atoms with Crippen molar-refractivity contribution >= 4 is 23.5 Å². The lowest BCUT2D eigenvalue weighted by Crippen LogP contribution is -2.32. The van der Waals surface area contributed by atoms with E-state index in [9.17, 15) is 9.59 Å². The molecule has 0 fully saturated rings. The molecule has 0 aromatic heterocycles. The van der Waals surface area contributed by atoms with Crippen LogP contribution in [0.2, 0.25) is 5.02 Å². The van der Waals surface area contributed by atoms with E-state index in [2.05, 4.69) is 0 Å². The van der Waals surface area contributed by atoms with Crippen molar-refractivity contribution in [3.05, 3.63) is 28.8 Å². The number of halogens is 1. The summed E-state index contributed by atoms with van der Waals surface area (Å²) in [5.41, 5.74) is 0.150. The van der Waals surface area contributed by atoms with E-state index < -0.39 is 12.6 Å². The summed E-state index contributed by atoms with van der Waals surface area (Å²) in [6, 6.07) is 6.46. The lowest BCUT2D eigenvalue weighted by atomic mass is 10.2. The predicted octanol–water partition coefficient (Wildman–Crippen LogP) is 1.88. The molecule has 112 valence electrons. The third kappa shape index (κ3) is 4.97. The highest BCUT2D eigenvalue weighted by Gasteiger charge is 2.17. The number of rotatable bonds is 6. The second-order valence-corrected chi connectivity index (χ2v) is 4.58. The normalized spacial score (nSPS) is 9.62. The number of nitriles is 1. The van der Waals surface area contributed by atoms with Crippen molar-refractivity contribution in [2.24, 2.45) is 0 Å². The zero-order chi connectivity index (χ0) is 15.8. The van der Waals surface area contributed by atoms with Crippen molar-refractivity contribution in [2.45, 2.75) is 6.42 Å². The third-order valence-electron chi connectivity index (χ3n) is 2.69. The molecular weight excluding hydrogens is 296 g/mol. The van der Waals surface area contributed by atoms with E-state index in [-0.39, 0.29) is 24.4 Å². The maximum Gasteiger partial charge on any atom is 0.342 e. The van der Waals surface area contributed by atoms with Gasteiger partial charge in [0.05, 0.1) is 19.6 Å². The van der Waals surface area contributed by atoms with E-state index in [0.29, 0.717) is 10.8 Å². The van der Waals surface area contributed by atoms with Gasteiger partial charge in [-0.05, 0) is 18.2 Å². The molecule has 1 aromatic carbocycles. The van der Waals surface area contributed by atoms with Crippen molar-refractivity contribution < 1.29 is 19.1 Å². The first kappa shape index (κ1) is 16.8. The Bertz CT molecular complexity index is 569. The van der Waals surface area contributed by atoms with Crippen molar-refractivity contribution in [1.82, 2.24) is 4.90 Å². The van der Waals surface area contributed by atoms with Crippen LogP contribution in [0.15, 0.2) is 18.2 Å². The van der Waals surface area contributed by atoms with Crippen molar-refractivity contribution in [2.75, 3.05) is 27.3 Å². The maximum atomic E-state index is 11.9. The fraction of sp³-hybridized carbons (Fsp3) is 0.357. The van der Waals surface area contributed by atoms with Crippen molar-refractivity contribution in [3.8, 4) is 11.8 Å². The van der Waals surface area contributed by atoms with Gasteiger partial charge in [-0.3, -0.25) is 4.79 Å². The Balaban J connectivity index is 2.64. The number of hydrogen-bond acceptors (Lipinski definition) is 5. The molecule has 0 heterocycles. The average Bonchev–Trinajstić information content (AvgIpc) is 2.49. The first-order valence-electron chi connectivity index (χ1n) is 6.11. The van der Waals surface area contributed by atoms with E-state index in [0.717, 1.165) is 0 Å². The van der Waals surface area contributed by atoms with Gasteiger partial charge in [0.15, 0.2) is 6.61 Å². The molecule has 1 aromatic rings. The van der Waals surface area contributed by atoms with E-state index in [4.69, 9.17) is 26.3 Å². The molecule has 0 radical (unpaired) electrons. The van der Waals surface area contributed by atoms with Gasteiger partial charge in [0, 0.05) is 18.6 Å². The highest BCUT2D eigenvalue weighted by Crippen LogP contribution is 2.23. The summed E-state index contributed by atoms with van der Waals surface area (Å²) in [7, 11) is 2.95. The number of benzene rings is 1. The minimum atomic E-state index is -0.698. The van der Waals surface area contributed by atoms with Crippen LogP contribution in [-0.4, -0.2) is 44.1 Å². The molecular formula is C14H15ClN2O4. The molecule has 6 nitrogen and oxygen atoms in total. The Hall–Kier alpha value is -2.26. The highest BCUT2D eigenvalue weighted by atomic mass is 35.5. The number of hydrogen-bond donors (Lipinski definition) is 0. The lowest BCUT2D eigenvalue weighted by molar-refractivity contribution is -0.133. The van der Waals surface area contributed by atoms with E-state index in [1.54, 1.807) is 12.1 Å². The number of methoxy groups -OCH3 is 1. The Morgan fingerprint density at radius 3 is 2.76 bits per heavy atom. The maximum absolute atomic E-state index is 11.9. The number of nitrogens with zero attached hydrogens (tertiary/aromatic N) is 2. The minimum Gasteiger partial charge on any atom is -0.496 e. The molecule has 0 saturated heterocycles. The van der Waals surface area contributed by atoms with Crippen LogP contribution in [0, 0.1) is 11.3 Å². The summed E-state index contributed by atoms with van der Waals surface area (Å²) in [6.07, 6.45) is 0.221. The fourth-order valence-corrected chi connectivity index (χ4v) is 1.67. The molecule has 1 rings (SSSR count). The van der Waals surface area contributed by atoms with E-state index >= 15 is 0 Å². The van der Waals surface area contributed by atoms with Crippen LogP contribution in [0.4, 0.5) is 0 Å². The van der Waals surface area contributed by atoms with Gasteiger partial charge in [-0.15, -0.1) is 0 Å². The minimum absolute atomic E-state index is 0.150. The zero-order valence-electron chi connectivity index (χ0n) is 11.8. The number of likely N-dealkylation sites (N-methyl/N-ethyl adjacent to an activating group) is 1. The number of carbonyl (C=O) groups excluding carboxylic acids is 2. The molecule has 0 saturated carbocycles. The van der Waals surface area contributed by atoms with Crippen LogP contribution in [0.5, 0.6) is 5.75 Å². The molecule has 7 heteroatoms. The number of carbonyl (C=O) groups is 2. The molecule has 0 spiro atoms. The van der Waals surface area contributed by atoms with Crippen LogP contribution in [0.1, 0.15) is 16.8 Å². The van der Waals surface area contributed by atoms with E-state index in [1.165, 1.54) is 25.1 Å². The summed E-state index contributed by atoms with van der Waals surface area (Å²) >= 11 is 5.82. The predicted molar refractivity (Wildman–Crippen MR) is 76.2 cm³/mol. The molecule has 0 aliphatic rings. The standard InChI is InChI=1S/C14H15ClN2O4/c1-17(7-3-6-16)13(18)9-21-14(19)11-8-10(15)4-5-12(11)20-2/h4-5,8H,3,7,9H2,1-2H3. The molecule has 0 aliphatic carbocycles. The molecule has 0 N–H and O–H groups in total. The molecule has 21 heavy (non-hydrogen) atoms. The monoisotopic (exact) mass is 310 g/mol. The summed E-state index contributed by atoms with van der Waals surface area (Å²) in [5.74, 6) is -0.773. The topological polar surface area (TPSA) is 79.6 Å². The van der Waals surface area contributed by atoms with Crippen molar-refractivity contribution in [3.63, 3.8) is 0 Å². The van der Waals surface area contributed by atoms with E-state index in [1.807, 2.05) is 6.07 Å². The SMILES string of the molecule is COc1ccc(Cl)cc1C(=O)OCC(=O)N(C)CCC#N. The summed E-state index contributed by atoms with van der Waals surface area (Å²) in [5, 5.41) is 8.81. The molecule has 0 unspecified atom stereocenters. The largest absolute Gasteiger partial charge is 0.496 e. The number of ether oxygens (including phenoxy) is 2. The van der Waals surface area contributed by atoms with Crippen LogP contribution < -0.4 is 4.74 Å². The molecule has 0 aliphatic heterocycles. The van der Waals surface area contributed by atoms with Crippen LogP contribution >= 0.6 is 11.6 Å². The van der Waals surface area contributed by atoms with Crippen LogP contribution in [0.25, 0.3) is 0 Å². The van der Waals surface area contributed by atoms with Gasteiger partial charge in [-0.25, -0.2) is 4.79 Å². The number of esters is 1. The first-order valence-corrected chi connectivity index (χ1v) is 6.49. The first-order chi connectivity index (χ1) is 9.99. The second kappa shape index (κ2) is 8.12. The van der Waals surface area contributed by atoms with Gasteiger partial charge >= 0.3 is 5.97 Å². The molecule has 0 bridgehead atoms. The van der Waals surface area contributed by atoms with Crippen LogP contribution in [0.3, 0.4) is 0 Å². The van der Waals surface area contributed by atoms with Gasteiger partial charge in [0.2, 0.25) is 0 Å². The van der Waals surface area contributed by atoms with Crippen LogP contribution in [-0.2, 0) is 9.53 Å². The number of amides is 1. The Kier molecular flexibility index (Phi) is 6.50. The third-order valence-corrected chi connectivity index (χ3v) is 2.93. The second-order valence-electron chi connectivity index (χ2n) is 4.14. The fourth-order valence-electron chi connectivity index (χ4n) is 1.50. The van der Waals surface area contributed by atoms with Gasteiger partial charge in [-0.2, -0.15) is 5.26 Å². The van der Waals surface area contributed by atoms with Gasteiger partial charge in [-0.1, -0.05) is 11.6 Å². The Labute approximate surface area is 127 Å². The summed E-state index contributed by atoms with van der Waals surface area (Å²) < 4.78 is 9.97. The van der Waals surface area contributed by atoms with Gasteiger partial charge in [0.1, 0.15) is 11.3 Å². The summed E-state index contributed by atoms with van der Waals surface area (Å²) in [6.45, 7) is -0.121. The lowest BCUT2D eigenvalue weighted by Gasteiger charge is -2.15. The zero-order valence-corrected chi connectivity index (χ0v) is 12.5. The molecule has 0 atom stereocenters. The average molecular weight is 311 g/mol.